The van der Waals surface area contributed by atoms with Crippen LogP contribution in [0.25, 0.3) is 77.2 Å². The molecule has 54 heavy (non-hydrogen) atoms. The van der Waals surface area contributed by atoms with Gasteiger partial charge in [0.15, 0.2) is 0 Å². The maximum atomic E-state index is 11.0. The Balaban J connectivity index is 1.19. The third-order valence-corrected chi connectivity index (χ3v) is 12.6. The molecule has 0 aliphatic heterocycles. The number of nitrogens with zero attached hydrogens (tertiary/aromatic N) is 4. The van der Waals surface area contributed by atoms with E-state index in [0.717, 1.165) is 43.6 Å². The van der Waals surface area contributed by atoms with Gasteiger partial charge in [0.1, 0.15) is 12.1 Å². The van der Waals surface area contributed by atoms with E-state index in [9.17, 15) is 10.5 Å². The molecule has 0 unspecified atom stereocenters. The number of hydrogen-bond donors (Lipinski definition) is 0. The molecule has 7 aromatic carbocycles. The smallest absolute Gasteiger partial charge is 0.101 e. The quantitative estimate of drug-likeness (QED) is 0.181. The van der Waals surface area contributed by atoms with Crippen LogP contribution in [0.2, 0.25) is 0 Å². The van der Waals surface area contributed by atoms with E-state index in [1.165, 1.54) is 44.5 Å². The first-order valence-corrected chi connectivity index (χ1v) is 18.6. The molecule has 2 aromatic heterocycles. The van der Waals surface area contributed by atoms with Gasteiger partial charge >= 0.3 is 0 Å². The number of aromatic nitrogens is 2. The van der Waals surface area contributed by atoms with Crippen LogP contribution in [-0.2, 0) is 10.8 Å². The highest BCUT2D eigenvalue weighted by atomic mass is 15.0. The number of nitriles is 2. The molecule has 254 valence electrons. The molecule has 0 saturated heterocycles. The molecule has 2 aliphatic rings. The molecule has 0 radical (unpaired) electrons. The summed E-state index contributed by atoms with van der Waals surface area (Å²) in [5.74, 6) is 0. The van der Waals surface area contributed by atoms with Crippen molar-refractivity contribution >= 4 is 43.6 Å². The average molecular weight is 691 g/mol. The van der Waals surface area contributed by atoms with Crippen LogP contribution in [0.1, 0.15) is 61.1 Å². The summed E-state index contributed by atoms with van der Waals surface area (Å²) in [7, 11) is 0. The molecule has 9 aromatic rings. The lowest BCUT2D eigenvalue weighted by atomic mass is 9.82. The summed E-state index contributed by atoms with van der Waals surface area (Å²) in [6.07, 6.45) is 0. The number of para-hydroxylation sites is 2. The lowest BCUT2D eigenvalue weighted by Crippen LogP contribution is -2.15. The molecule has 11 rings (SSSR count). The number of fused-ring (bicyclic) bond motifs is 12. The molecule has 0 spiro atoms. The van der Waals surface area contributed by atoms with Gasteiger partial charge in [-0.2, -0.15) is 10.5 Å². The highest BCUT2D eigenvalue weighted by Crippen LogP contribution is 2.53. The van der Waals surface area contributed by atoms with Crippen molar-refractivity contribution in [3.8, 4) is 45.8 Å². The first-order chi connectivity index (χ1) is 26.2. The van der Waals surface area contributed by atoms with Crippen molar-refractivity contribution in [2.45, 2.75) is 38.5 Å². The van der Waals surface area contributed by atoms with Crippen molar-refractivity contribution in [1.29, 1.82) is 10.5 Å². The van der Waals surface area contributed by atoms with Crippen molar-refractivity contribution in [3.05, 3.63) is 167 Å². The van der Waals surface area contributed by atoms with Crippen LogP contribution < -0.4 is 0 Å². The van der Waals surface area contributed by atoms with Gasteiger partial charge in [-0.15, -0.1) is 0 Å². The highest BCUT2D eigenvalue weighted by molar-refractivity contribution is 6.13. The Labute approximate surface area is 313 Å². The van der Waals surface area contributed by atoms with Crippen LogP contribution in [0.5, 0.6) is 0 Å². The van der Waals surface area contributed by atoms with E-state index in [2.05, 4.69) is 158 Å². The second-order valence-electron chi connectivity index (χ2n) is 16.0. The van der Waals surface area contributed by atoms with Crippen molar-refractivity contribution in [1.82, 2.24) is 9.13 Å². The largest absolute Gasteiger partial charge is 0.308 e. The maximum absolute atomic E-state index is 11.0. The summed E-state index contributed by atoms with van der Waals surface area (Å²) in [4.78, 5) is 0. The minimum Gasteiger partial charge on any atom is -0.308 e. The molecule has 2 heterocycles. The van der Waals surface area contributed by atoms with Crippen LogP contribution >= 0.6 is 0 Å². The van der Waals surface area contributed by atoms with E-state index in [1.807, 2.05) is 24.3 Å². The Kier molecular flexibility index (Phi) is 5.90. The fraction of sp³-hybridized carbons (Fsp3) is 0.120. The molecule has 0 N–H and O–H groups in total. The number of hydrogen-bond acceptors (Lipinski definition) is 2. The Morgan fingerprint density at radius 2 is 0.778 bits per heavy atom. The first kappa shape index (κ1) is 30.7. The van der Waals surface area contributed by atoms with E-state index in [4.69, 9.17) is 0 Å². The van der Waals surface area contributed by atoms with Gasteiger partial charge in [0, 0.05) is 32.4 Å². The second kappa shape index (κ2) is 10.4. The SMILES string of the molecule is CC1(C)c2ccccc2-c2cc3c4ccccc4n(-c4cc(C#N)c(-n5c6ccccc6c6cc7c(cc65)C(C)(C)c5ccccc5-7)cc4C#N)c3cc21. The minimum absolute atomic E-state index is 0.187. The van der Waals surface area contributed by atoms with Gasteiger partial charge in [0.25, 0.3) is 0 Å². The van der Waals surface area contributed by atoms with E-state index >= 15 is 0 Å². The molecule has 0 atom stereocenters. The van der Waals surface area contributed by atoms with Crippen LogP contribution in [-0.4, -0.2) is 9.13 Å². The Morgan fingerprint density at radius 3 is 1.20 bits per heavy atom. The maximum Gasteiger partial charge on any atom is 0.101 e. The summed E-state index contributed by atoms with van der Waals surface area (Å²) in [6, 6.07) is 52.5. The number of rotatable bonds is 2. The van der Waals surface area contributed by atoms with E-state index in [-0.39, 0.29) is 10.8 Å². The zero-order chi connectivity index (χ0) is 36.7. The van der Waals surface area contributed by atoms with Gasteiger partial charge < -0.3 is 9.13 Å². The van der Waals surface area contributed by atoms with Gasteiger partial charge in [-0.3, -0.25) is 0 Å². The second-order valence-corrected chi connectivity index (χ2v) is 16.0. The molecule has 0 bridgehead atoms. The van der Waals surface area contributed by atoms with Crippen LogP contribution in [0, 0.1) is 22.7 Å². The van der Waals surface area contributed by atoms with E-state index in [1.54, 1.807) is 0 Å². The van der Waals surface area contributed by atoms with Crippen molar-refractivity contribution in [3.63, 3.8) is 0 Å². The monoisotopic (exact) mass is 690 g/mol. The fourth-order valence-corrected chi connectivity index (χ4v) is 9.97. The van der Waals surface area contributed by atoms with Gasteiger partial charge in [-0.25, -0.2) is 0 Å². The standard InChI is InChI=1S/C50H34N4/c1-49(2)39-17-9-5-13-31(39)35-23-37-33-15-7-11-19-43(33)53(47(37)25-41(35)49)45-21-30(28-52)46(22-29(45)27-51)54-44-20-12-8-16-34(44)38-24-36-32-14-6-10-18-40(32)50(3,4)42(36)26-48(38)54/h5-26H,1-4H3. The minimum atomic E-state index is -0.187. The normalized spacial score (nSPS) is 14.6. The summed E-state index contributed by atoms with van der Waals surface area (Å²) in [5, 5.41) is 26.4. The predicted molar refractivity (Wildman–Crippen MR) is 220 cm³/mol. The Bertz CT molecular complexity index is 3020. The molecule has 0 fully saturated rings. The zero-order valence-electron chi connectivity index (χ0n) is 30.5. The molecule has 2 aliphatic carbocycles. The topological polar surface area (TPSA) is 57.4 Å². The molecular weight excluding hydrogens is 657 g/mol. The van der Waals surface area contributed by atoms with Gasteiger partial charge in [0.05, 0.1) is 44.6 Å². The zero-order valence-corrected chi connectivity index (χ0v) is 30.5. The molecule has 0 saturated carbocycles. The lowest BCUT2D eigenvalue weighted by molar-refractivity contribution is 0.661. The van der Waals surface area contributed by atoms with Crippen molar-refractivity contribution < 1.29 is 0 Å². The molecule has 0 amide bonds. The summed E-state index contributed by atoms with van der Waals surface area (Å²) < 4.78 is 4.40. The average Bonchev–Trinajstić information content (AvgIpc) is 3.84. The summed E-state index contributed by atoms with van der Waals surface area (Å²) in [6.45, 7) is 9.17. The summed E-state index contributed by atoms with van der Waals surface area (Å²) in [5.41, 5.74) is 16.3. The predicted octanol–water partition coefficient (Wildman–Crippen LogP) is 12.2. The highest BCUT2D eigenvalue weighted by Gasteiger charge is 2.38. The van der Waals surface area contributed by atoms with Gasteiger partial charge in [0.2, 0.25) is 0 Å². The van der Waals surface area contributed by atoms with E-state index < -0.39 is 0 Å². The Morgan fingerprint density at radius 1 is 0.389 bits per heavy atom. The van der Waals surface area contributed by atoms with Crippen LogP contribution in [0.3, 0.4) is 0 Å². The van der Waals surface area contributed by atoms with Crippen LogP contribution in [0.15, 0.2) is 133 Å². The molecular formula is C50H34N4. The third-order valence-electron chi connectivity index (χ3n) is 12.6. The summed E-state index contributed by atoms with van der Waals surface area (Å²) >= 11 is 0. The fourth-order valence-electron chi connectivity index (χ4n) is 9.97. The molecule has 4 heteroatoms. The lowest BCUT2D eigenvalue weighted by Gasteiger charge is -2.22. The van der Waals surface area contributed by atoms with Crippen molar-refractivity contribution in [2.75, 3.05) is 0 Å². The Hall–Kier alpha value is -6.88. The first-order valence-electron chi connectivity index (χ1n) is 18.6. The van der Waals surface area contributed by atoms with Crippen molar-refractivity contribution in [2.24, 2.45) is 0 Å². The van der Waals surface area contributed by atoms with E-state index in [0.29, 0.717) is 22.5 Å². The van der Waals surface area contributed by atoms with Gasteiger partial charge in [-0.1, -0.05) is 113 Å². The number of benzene rings is 7. The van der Waals surface area contributed by atoms with Crippen LogP contribution in [0.4, 0.5) is 0 Å². The third kappa shape index (κ3) is 3.75. The van der Waals surface area contributed by atoms with Gasteiger partial charge in [-0.05, 0) is 93.0 Å². The molecule has 4 nitrogen and oxygen atoms in total.